The average molecular weight is 286 g/mol. The van der Waals surface area contributed by atoms with Gasteiger partial charge < -0.3 is 9.72 Å². The van der Waals surface area contributed by atoms with Crippen LogP contribution in [0.2, 0.25) is 5.02 Å². The van der Waals surface area contributed by atoms with Crippen LogP contribution in [0.5, 0.6) is 5.75 Å². The van der Waals surface area contributed by atoms with Crippen molar-refractivity contribution in [2.24, 2.45) is 0 Å². The molecule has 0 aliphatic rings. The van der Waals surface area contributed by atoms with Crippen molar-refractivity contribution in [2.45, 2.75) is 0 Å². The molecular weight excluding hydrogens is 274 g/mol. The normalized spacial score (nSPS) is 10.7. The summed E-state index contributed by atoms with van der Waals surface area (Å²) in [6, 6.07) is 12.5. The van der Waals surface area contributed by atoms with Crippen molar-refractivity contribution in [3.63, 3.8) is 0 Å². The third-order valence-corrected chi connectivity index (χ3v) is 3.49. The number of hydrogen-bond acceptors (Lipinski definition) is 2. The molecule has 0 amide bonds. The van der Waals surface area contributed by atoms with Crippen LogP contribution in [0, 0.1) is 0 Å². The quantitative estimate of drug-likeness (QED) is 0.737. The molecule has 0 fully saturated rings. The molecule has 0 saturated heterocycles. The summed E-state index contributed by atoms with van der Waals surface area (Å²) in [4.78, 5) is 15.6. The summed E-state index contributed by atoms with van der Waals surface area (Å²) in [5.74, 6) is 0.725. The van der Waals surface area contributed by atoms with Gasteiger partial charge in [0.25, 0.3) is 0 Å². The predicted molar refractivity (Wildman–Crippen MR) is 79.7 cm³/mol. The van der Waals surface area contributed by atoms with E-state index in [1.54, 1.807) is 37.6 Å². The van der Waals surface area contributed by atoms with E-state index < -0.39 is 0 Å². The standard InChI is InChI=1S/C16H12ClNO2/c1-20-12-6-7-13-14(9-18-15(13)8-12)16(19)10-2-4-11(17)5-3-10/h2-9,18H,1H3. The fourth-order valence-corrected chi connectivity index (χ4v) is 2.30. The number of carbonyl (C=O) groups is 1. The zero-order valence-electron chi connectivity index (χ0n) is 10.8. The number of carbonyl (C=O) groups excluding carboxylic acids is 1. The third kappa shape index (κ3) is 2.17. The Morgan fingerprint density at radius 1 is 1.15 bits per heavy atom. The molecule has 4 heteroatoms. The molecule has 1 heterocycles. The topological polar surface area (TPSA) is 42.1 Å². The van der Waals surface area contributed by atoms with Gasteiger partial charge in [-0.05, 0) is 36.4 Å². The number of rotatable bonds is 3. The lowest BCUT2D eigenvalue weighted by Gasteiger charge is -2.01. The van der Waals surface area contributed by atoms with Gasteiger partial charge in [-0.25, -0.2) is 0 Å². The fourth-order valence-electron chi connectivity index (χ4n) is 2.18. The molecule has 3 nitrogen and oxygen atoms in total. The molecule has 0 atom stereocenters. The van der Waals surface area contributed by atoms with Crippen LogP contribution in [-0.4, -0.2) is 17.9 Å². The first-order valence-corrected chi connectivity index (χ1v) is 6.52. The van der Waals surface area contributed by atoms with Crippen LogP contribution >= 0.6 is 11.6 Å². The second kappa shape index (κ2) is 5.02. The van der Waals surface area contributed by atoms with Gasteiger partial charge in [-0.2, -0.15) is 0 Å². The minimum Gasteiger partial charge on any atom is -0.497 e. The van der Waals surface area contributed by atoms with Gasteiger partial charge in [-0.15, -0.1) is 0 Å². The summed E-state index contributed by atoms with van der Waals surface area (Å²) in [5, 5.41) is 1.50. The smallest absolute Gasteiger partial charge is 0.195 e. The predicted octanol–water partition coefficient (Wildman–Crippen LogP) is 4.06. The van der Waals surface area contributed by atoms with E-state index >= 15 is 0 Å². The van der Waals surface area contributed by atoms with E-state index in [9.17, 15) is 4.79 Å². The molecule has 0 radical (unpaired) electrons. The van der Waals surface area contributed by atoms with E-state index in [-0.39, 0.29) is 5.78 Å². The number of aromatic nitrogens is 1. The lowest BCUT2D eigenvalue weighted by molar-refractivity contribution is 0.104. The molecule has 100 valence electrons. The number of hydrogen-bond donors (Lipinski definition) is 1. The Kier molecular flexibility index (Phi) is 3.20. The van der Waals surface area contributed by atoms with Crippen molar-refractivity contribution in [3.05, 3.63) is 64.8 Å². The zero-order valence-corrected chi connectivity index (χ0v) is 11.6. The lowest BCUT2D eigenvalue weighted by Crippen LogP contribution is -1.99. The first-order chi connectivity index (χ1) is 9.69. The van der Waals surface area contributed by atoms with Gasteiger partial charge >= 0.3 is 0 Å². The highest BCUT2D eigenvalue weighted by Gasteiger charge is 2.14. The van der Waals surface area contributed by atoms with Crippen molar-refractivity contribution in [1.82, 2.24) is 4.98 Å². The van der Waals surface area contributed by atoms with Crippen LogP contribution < -0.4 is 4.74 Å². The summed E-state index contributed by atoms with van der Waals surface area (Å²) in [5.41, 5.74) is 2.14. The molecule has 1 aromatic heterocycles. The van der Waals surface area contributed by atoms with Gasteiger partial charge in [-0.3, -0.25) is 4.79 Å². The molecule has 3 rings (SSSR count). The van der Waals surface area contributed by atoms with E-state index in [0.717, 1.165) is 16.7 Å². The van der Waals surface area contributed by atoms with Crippen LogP contribution in [0.15, 0.2) is 48.7 Å². The van der Waals surface area contributed by atoms with Gasteiger partial charge in [0.15, 0.2) is 5.78 Å². The van der Waals surface area contributed by atoms with Crippen molar-refractivity contribution in [1.29, 1.82) is 0 Å². The molecular formula is C16H12ClNO2. The third-order valence-electron chi connectivity index (χ3n) is 3.24. The van der Waals surface area contributed by atoms with Gasteiger partial charge in [0.2, 0.25) is 0 Å². The minimum atomic E-state index is -0.0296. The molecule has 0 saturated carbocycles. The summed E-state index contributed by atoms with van der Waals surface area (Å²) < 4.78 is 5.17. The Hall–Kier alpha value is -2.26. The van der Waals surface area contributed by atoms with Crippen molar-refractivity contribution in [2.75, 3.05) is 7.11 Å². The maximum absolute atomic E-state index is 12.5. The number of ether oxygens (including phenoxy) is 1. The van der Waals surface area contributed by atoms with Crippen LogP contribution in [0.4, 0.5) is 0 Å². The Morgan fingerprint density at radius 3 is 2.60 bits per heavy atom. The first-order valence-electron chi connectivity index (χ1n) is 6.14. The summed E-state index contributed by atoms with van der Waals surface area (Å²) >= 11 is 5.84. The van der Waals surface area contributed by atoms with Crippen molar-refractivity contribution < 1.29 is 9.53 Å². The van der Waals surface area contributed by atoms with E-state index in [2.05, 4.69) is 4.98 Å². The summed E-state index contributed by atoms with van der Waals surface area (Å²) in [7, 11) is 1.61. The SMILES string of the molecule is COc1ccc2c(C(=O)c3ccc(Cl)cc3)c[nH]c2c1. The Bertz CT molecular complexity index is 775. The largest absolute Gasteiger partial charge is 0.497 e. The number of ketones is 1. The van der Waals surface area contributed by atoms with E-state index in [4.69, 9.17) is 16.3 Å². The molecule has 20 heavy (non-hydrogen) atoms. The molecule has 1 N–H and O–H groups in total. The highest BCUT2D eigenvalue weighted by atomic mass is 35.5. The van der Waals surface area contributed by atoms with Gasteiger partial charge in [0.1, 0.15) is 5.75 Å². The second-order valence-corrected chi connectivity index (χ2v) is 4.89. The molecule has 0 aliphatic carbocycles. The van der Waals surface area contributed by atoms with Crippen molar-refractivity contribution in [3.8, 4) is 5.75 Å². The molecule has 3 aromatic rings. The number of benzene rings is 2. The number of fused-ring (bicyclic) bond motifs is 1. The number of nitrogens with one attached hydrogen (secondary N) is 1. The fraction of sp³-hybridized carbons (Fsp3) is 0.0625. The van der Waals surface area contributed by atoms with Crippen LogP contribution in [0.1, 0.15) is 15.9 Å². The van der Waals surface area contributed by atoms with E-state index in [0.29, 0.717) is 16.1 Å². The summed E-state index contributed by atoms with van der Waals surface area (Å²) in [6.45, 7) is 0. The Morgan fingerprint density at radius 2 is 1.90 bits per heavy atom. The van der Waals surface area contributed by atoms with Gasteiger partial charge in [-0.1, -0.05) is 11.6 Å². The second-order valence-electron chi connectivity index (χ2n) is 4.45. The number of halogens is 1. The van der Waals surface area contributed by atoms with Crippen molar-refractivity contribution >= 4 is 28.3 Å². The molecule has 0 spiro atoms. The molecule has 0 aliphatic heterocycles. The lowest BCUT2D eigenvalue weighted by atomic mass is 10.0. The molecule has 0 bridgehead atoms. The summed E-state index contributed by atoms with van der Waals surface area (Å²) in [6.07, 6.45) is 1.72. The minimum absolute atomic E-state index is 0.0296. The Balaban J connectivity index is 2.05. The number of methoxy groups -OCH3 is 1. The first kappa shape index (κ1) is 12.8. The maximum atomic E-state index is 12.5. The highest BCUT2D eigenvalue weighted by Crippen LogP contribution is 2.25. The van der Waals surface area contributed by atoms with Crippen LogP contribution in [0.3, 0.4) is 0 Å². The Labute approximate surface area is 121 Å². The van der Waals surface area contributed by atoms with Crippen LogP contribution in [0.25, 0.3) is 10.9 Å². The van der Waals surface area contributed by atoms with Gasteiger partial charge in [0, 0.05) is 39.3 Å². The zero-order chi connectivity index (χ0) is 14.1. The maximum Gasteiger partial charge on any atom is 0.195 e. The monoisotopic (exact) mass is 285 g/mol. The molecule has 0 unspecified atom stereocenters. The average Bonchev–Trinajstić information content (AvgIpc) is 2.90. The van der Waals surface area contributed by atoms with Gasteiger partial charge in [0.05, 0.1) is 7.11 Å². The van der Waals surface area contributed by atoms with Crippen LogP contribution in [-0.2, 0) is 0 Å². The molecule has 2 aromatic carbocycles. The highest BCUT2D eigenvalue weighted by molar-refractivity contribution is 6.30. The number of aromatic amines is 1. The number of H-pyrrole nitrogens is 1. The van der Waals surface area contributed by atoms with E-state index in [1.165, 1.54) is 0 Å². The van der Waals surface area contributed by atoms with E-state index in [1.807, 2.05) is 18.2 Å².